The number of ketones is 1. The molecule has 1 nitrogen and oxygen atoms in total. The molecule has 0 bridgehead atoms. The highest BCUT2D eigenvalue weighted by atomic mass is 79.9. The smallest absolute Gasteiger partial charge is 0.185 e. The minimum atomic E-state index is 0.109. The molecule has 0 heterocycles. The van der Waals surface area contributed by atoms with E-state index < -0.39 is 0 Å². The summed E-state index contributed by atoms with van der Waals surface area (Å²) in [5, 5.41) is 0. The molecule has 0 N–H and O–H groups in total. The minimum absolute atomic E-state index is 0.109. The Balaban J connectivity index is 2.59. The first kappa shape index (κ1) is 7.74. The van der Waals surface area contributed by atoms with Crippen LogP contribution in [-0.4, -0.2) is 5.78 Å². The predicted molar refractivity (Wildman–Crippen MR) is 51.3 cm³/mol. The Morgan fingerprint density at radius 2 is 2.17 bits per heavy atom. The maximum Gasteiger partial charge on any atom is 0.185 e. The molecule has 0 atom stereocenters. The van der Waals surface area contributed by atoms with Crippen LogP contribution in [0.1, 0.15) is 15.9 Å². The van der Waals surface area contributed by atoms with Gasteiger partial charge in [-0.2, -0.15) is 0 Å². The normalized spacial score (nSPS) is 14.6. The number of hydrogen-bond acceptors (Lipinski definition) is 1. The maximum absolute atomic E-state index is 11.3. The summed E-state index contributed by atoms with van der Waals surface area (Å²) in [4.78, 5) is 11.3. The monoisotopic (exact) mass is 222 g/mol. The van der Waals surface area contributed by atoms with E-state index in [0.29, 0.717) is 0 Å². The van der Waals surface area contributed by atoms with Gasteiger partial charge in [-0.15, -0.1) is 0 Å². The van der Waals surface area contributed by atoms with Gasteiger partial charge in [0.15, 0.2) is 5.78 Å². The highest BCUT2D eigenvalue weighted by molar-refractivity contribution is 9.10. The van der Waals surface area contributed by atoms with Crippen LogP contribution in [0.2, 0.25) is 0 Å². The van der Waals surface area contributed by atoms with Crippen molar-refractivity contribution in [3.05, 3.63) is 46.0 Å². The molecule has 12 heavy (non-hydrogen) atoms. The molecular formula is C10H7BrO. The van der Waals surface area contributed by atoms with E-state index in [2.05, 4.69) is 15.9 Å². The maximum atomic E-state index is 11.3. The Kier molecular flexibility index (Phi) is 1.85. The number of halogens is 1. The van der Waals surface area contributed by atoms with E-state index in [1.807, 2.05) is 24.3 Å². The van der Waals surface area contributed by atoms with Crippen LogP contribution < -0.4 is 0 Å². The van der Waals surface area contributed by atoms with Gasteiger partial charge in [-0.1, -0.05) is 28.1 Å². The molecular weight excluding hydrogens is 216 g/mol. The van der Waals surface area contributed by atoms with Crippen molar-refractivity contribution < 1.29 is 4.79 Å². The Labute approximate surface area is 79.2 Å². The van der Waals surface area contributed by atoms with Gasteiger partial charge in [-0.05, 0) is 30.2 Å². The third-order valence-corrected chi connectivity index (χ3v) is 2.44. The summed E-state index contributed by atoms with van der Waals surface area (Å²) in [6, 6.07) is 5.83. The first-order valence-corrected chi connectivity index (χ1v) is 4.56. The molecule has 0 radical (unpaired) electrons. The second-order valence-corrected chi connectivity index (χ2v) is 3.69. The van der Waals surface area contributed by atoms with Crippen LogP contribution in [0.25, 0.3) is 0 Å². The number of benzene rings is 1. The zero-order valence-corrected chi connectivity index (χ0v) is 7.97. The van der Waals surface area contributed by atoms with Crippen molar-refractivity contribution in [2.75, 3.05) is 0 Å². The molecule has 0 aliphatic heterocycles. The van der Waals surface area contributed by atoms with Crippen LogP contribution in [-0.2, 0) is 6.42 Å². The fourth-order valence-corrected chi connectivity index (χ4v) is 1.70. The second kappa shape index (κ2) is 2.87. The van der Waals surface area contributed by atoms with Gasteiger partial charge in [0.05, 0.1) is 0 Å². The highest BCUT2D eigenvalue weighted by Crippen LogP contribution is 2.20. The lowest BCUT2D eigenvalue weighted by Gasteiger charge is -2.08. The van der Waals surface area contributed by atoms with Crippen LogP contribution in [0.5, 0.6) is 0 Å². The zero-order valence-electron chi connectivity index (χ0n) is 6.38. The van der Waals surface area contributed by atoms with E-state index >= 15 is 0 Å². The van der Waals surface area contributed by atoms with Crippen molar-refractivity contribution >= 4 is 21.7 Å². The SMILES string of the molecule is O=C1C=CCc2ccc(Br)cc21. The lowest BCUT2D eigenvalue weighted by atomic mass is 9.96. The summed E-state index contributed by atoms with van der Waals surface area (Å²) in [7, 11) is 0. The third kappa shape index (κ3) is 1.23. The van der Waals surface area contributed by atoms with Crippen LogP contribution in [0.15, 0.2) is 34.8 Å². The molecule has 0 saturated carbocycles. The lowest BCUT2D eigenvalue weighted by molar-refractivity contribution is 0.104. The quantitative estimate of drug-likeness (QED) is 0.660. The molecule has 1 aliphatic carbocycles. The fourth-order valence-electron chi connectivity index (χ4n) is 1.34. The van der Waals surface area contributed by atoms with Gasteiger partial charge in [0.25, 0.3) is 0 Å². The van der Waals surface area contributed by atoms with Crippen LogP contribution >= 0.6 is 15.9 Å². The van der Waals surface area contributed by atoms with Gasteiger partial charge in [-0.3, -0.25) is 4.79 Å². The van der Waals surface area contributed by atoms with Crippen molar-refractivity contribution in [2.45, 2.75) is 6.42 Å². The molecule has 0 aromatic heterocycles. The Bertz CT molecular complexity index is 366. The standard InChI is InChI=1S/C10H7BrO/c11-8-5-4-7-2-1-3-10(12)9(7)6-8/h1,3-6H,2H2. The van der Waals surface area contributed by atoms with Gasteiger partial charge < -0.3 is 0 Å². The summed E-state index contributed by atoms with van der Waals surface area (Å²) in [5.74, 6) is 0.109. The van der Waals surface area contributed by atoms with Crippen LogP contribution in [0.3, 0.4) is 0 Å². The zero-order chi connectivity index (χ0) is 8.55. The number of fused-ring (bicyclic) bond motifs is 1. The largest absolute Gasteiger partial charge is 0.289 e. The molecule has 0 saturated heterocycles. The highest BCUT2D eigenvalue weighted by Gasteiger charge is 2.11. The average molecular weight is 223 g/mol. The Hall–Kier alpha value is -0.890. The van der Waals surface area contributed by atoms with Gasteiger partial charge in [0.1, 0.15) is 0 Å². The van der Waals surface area contributed by atoms with Gasteiger partial charge in [0, 0.05) is 10.0 Å². The molecule has 1 aliphatic rings. The number of hydrogen-bond donors (Lipinski definition) is 0. The molecule has 2 heteroatoms. The van der Waals surface area contributed by atoms with Crippen molar-refractivity contribution in [2.24, 2.45) is 0 Å². The van der Waals surface area contributed by atoms with E-state index in [9.17, 15) is 4.79 Å². The molecule has 60 valence electrons. The number of allylic oxidation sites excluding steroid dienone is 2. The van der Waals surface area contributed by atoms with Crippen molar-refractivity contribution in [3.63, 3.8) is 0 Å². The van der Waals surface area contributed by atoms with Gasteiger partial charge in [-0.25, -0.2) is 0 Å². The van der Waals surface area contributed by atoms with E-state index in [0.717, 1.165) is 22.0 Å². The Morgan fingerprint density at radius 1 is 1.33 bits per heavy atom. The third-order valence-electron chi connectivity index (χ3n) is 1.94. The molecule has 0 amide bonds. The molecule has 0 fully saturated rings. The number of carbonyl (C=O) groups excluding carboxylic acids is 1. The summed E-state index contributed by atoms with van der Waals surface area (Å²) in [5.41, 5.74) is 1.94. The molecule has 0 spiro atoms. The molecule has 0 unspecified atom stereocenters. The summed E-state index contributed by atoms with van der Waals surface area (Å²) in [6.45, 7) is 0. The molecule has 1 aromatic carbocycles. The first-order valence-electron chi connectivity index (χ1n) is 3.76. The summed E-state index contributed by atoms with van der Waals surface area (Å²) < 4.78 is 0.963. The first-order chi connectivity index (χ1) is 5.77. The van der Waals surface area contributed by atoms with Crippen molar-refractivity contribution in [1.82, 2.24) is 0 Å². The molecule has 2 rings (SSSR count). The van der Waals surface area contributed by atoms with Crippen molar-refractivity contribution in [3.8, 4) is 0 Å². The fraction of sp³-hybridized carbons (Fsp3) is 0.100. The van der Waals surface area contributed by atoms with Gasteiger partial charge in [0.2, 0.25) is 0 Å². The number of carbonyl (C=O) groups is 1. The van der Waals surface area contributed by atoms with Gasteiger partial charge >= 0.3 is 0 Å². The lowest BCUT2D eigenvalue weighted by Crippen LogP contribution is -2.04. The van der Waals surface area contributed by atoms with E-state index in [1.54, 1.807) is 6.08 Å². The predicted octanol–water partition coefficient (Wildman–Crippen LogP) is 2.74. The summed E-state index contributed by atoms with van der Waals surface area (Å²) >= 11 is 3.34. The molecule has 1 aromatic rings. The minimum Gasteiger partial charge on any atom is -0.289 e. The second-order valence-electron chi connectivity index (χ2n) is 2.77. The van der Waals surface area contributed by atoms with E-state index in [1.165, 1.54) is 0 Å². The van der Waals surface area contributed by atoms with E-state index in [-0.39, 0.29) is 5.78 Å². The average Bonchev–Trinajstić information content (AvgIpc) is 2.07. The Morgan fingerprint density at radius 3 is 3.00 bits per heavy atom. The van der Waals surface area contributed by atoms with Crippen molar-refractivity contribution in [1.29, 1.82) is 0 Å². The summed E-state index contributed by atoms with van der Waals surface area (Å²) in [6.07, 6.45) is 4.40. The van der Waals surface area contributed by atoms with Crippen LogP contribution in [0.4, 0.5) is 0 Å². The van der Waals surface area contributed by atoms with E-state index in [4.69, 9.17) is 0 Å². The van der Waals surface area contributed by atoms with Crippen LogP contribution in [0, 0.1) is 0 Å². The topological polar surface area (TPSA) is 17.1 Å². The number of rotatable bonds is 0.